The average molecular weight is 403 g/mol. The van der Waals surface area contributed by atoms with Crippen LogP contribution in [0.4, 0.5) is 0 Å². The smallest absolute Gasteiger partial charge is 0.134 e. The summed E-state index contributed by atoms with van der Waals surface area (Å²) in [5.74, 6) is 0.919. The molecule has 25 heavy (non-hydrogen) atoms. The molecule has 0 unspecified atom stereocenters. The van der Waals surface area contributed by atoms with Gasteiger partial charge in [-0.3, -0.25) is 9.80 Å². The van der Waals surface area contributed by atoms with Crippen molar-refractivity contribution >= 4 is 15.9 Å². The maximum Gasteiger partial charge on any atom is 0.134 e. The molecule has 0 N–H and O–H groups in total. The molecule has 2 aromatic carbocycles. The Morgan fingerprint density at radius 1 is 0.960 bits per heavy atom. The summed E-state index contributed by atoms with van der Waals surface area (Å²) in [6, 6.07) is 17.2. The molecule has 1 fully saturated rings. The van der Waals surface area contributed by atoms with E-state index in [-0.39, 0.29) is 0 Å². The van der Waals surface area contributed by atoms with Gasteiger partial charge in [-0.15, -0.1) is 0 Å². The minimum Gasteiger partial charge on any atom is -0.488 e. The van der Waals surface area contributed by atoms with Crippen LogP contribution in [0.15, 0.2) is 53.0 Å². The van der Waals surface area contributed by atoms with Crippen molar-refractivity contribution in [3.63, 3.8) is 0 Å². The molecule has 3 rings (SSSR count). The summed E-state index contributed by atoms with van der Waals surface area (Å²) >= 11 is 3.75. The molecular formula is C21H27BrN2O. The molecule has 0 bridgehead atoms. The Bertz CT molecular complexity index is 667. The molecule has 0 atom stereocenters. The number of halogens is 1. The van der Waals surface area contributed by atoms with Gasteiger partial charge in [0.15, 0.2) is 0 Å². The molecule has 1 heterocycles. The zero-order valence-electron chi connectivity index (χ0n) is 15.1. The normalized spacial score (nSPS) is 16.3. The largest absolute Gasteiger partial charge is 0.488 e. The van der Waals surface area contributed by atoms with Crippen LogP contribution in [0.2, 0.25) is 0 Å². The summed E-state index contributed by atoms with van der Waals surface area (Å²) in [7, 11) is 0. The van der Waals surface area contributed by atoms with Gasteiger partial charge in [0.25, 0.3) is 0 Å². The summed E-state index contributed by atoms with van der Waals surface area (Å²) in [4.78, 5) is 5.07. The van der Waals surface area contributed by atoms with E-state index in [0.29, 0.717) is 12.6 Å². The van der Waals surface area contributed by atoms with Crippen LogP contribution in [-0.2, 0) is 13.2 Å². The van der Waals surface area contributed by atoms with Gasteiger partial charge in [-0.25, -0.2) is 0 Å². The van der Waals surface area contributed by atoms with Crippen LogP contribution in [0.25, 0.3) is 0 Å². The second-order valence-electron chi connectivity index (χ2n) is 6.91. The Morgan fingerprint density at radius 3 is 2.36 bits per heavy atom. The first-order chi connectivity index (χ1) is 12.1. The van der Waals surface area contributed by atoms with Crippen molar-refractivity contribution in [2.24, 2.45) is 0 Å². The maximum atomic E-state index is 6.03. The van der Waals surface area contributed by atoms with Gasteiger partial charge in [0.05, 0.1) is 4.47 Å². The Morgan fingerprint density at radius 2 is 1.68 bits per heavy atom. The van der Waals surface area contributed by atoms with Crippen molar-refractivity contribution in [2.45, 2.75) is 33.0 Å². The summed E-state index contributed by atoms with van der Waals surface area (Å²) in [5.41, 5.74) is 2.48. The van der Waals surface area contributed by atoms with E-state index in [2.05, 4.69) is 63.8 Å². The van der Waals surface area contributed by atoms with Crippen molar-refractivity contribution in [1.29, 1.82) is 0 Å². The highest BCUT2D eigenvalue weighted by Crippen LogP contribution is 2.30. The Labute approximate surface area is 159 Å². The fourth-order valence-electron chi connectivity index (χ4n) is 3.20. The average Bonchev–Trinajstić information content (AvgIpc) is 2.64. The minimum absolute atomic E-state index is 0.593. The van der Waals surface area contributed by atoms with Crippen LogP contribution in [-0.4, -0.2) is 42.0 Å². The molecule has 3 nitrogen and oxygen atoms in total. The molecule has 1 aliphatic heterocycles. The number of hydrogen-bond donors (Lipinski definition) is 0. The molecule has 0 amide bonds. The van der Waals surface area contributed by atoms with Crippen LogP contribution >= 0.6 is 15.9 Å². The standard InChI is InChI=1S/C21H27BrN2O/c1-17(2)24-13-11-23(12-14-24)15-19-9-6-10-20(21(19)22)25-16-18-7-4-3-5-8-18/h3-10,17H,11-16H2,1-2H3. The zero-order chi connectivity index (χ0) is 17.6. The number of rotatable bonds is 6. The Kier molecular flexibility index (Phi) is 6.51. The third kappa shape index (κ3) is 5.06. The third-order valence-corrected chi connectivity index (χ3v) is 5.71. The zero-order valence-corrected chi connectivity index (χ0v) is 16.7. The highest BCUT2D eigenvalue weighted by atomic mass is 79.9. The van der Waals surface area contributed by atoms with Crippen LogP contribution in [0, 0.1) is 0 Å². The molecular weight excluding hydrogens is 376 g/mol. The Balaban J connectivity index is 1.59. The molecule has 0 spiro atoms. The SMILES string of the molecule is CC(C)N1CCN(Cc2cccc(OCc3ccccc3)c2Br)CC1. The molecule has 4 heteroatoms. The van der Waals surface area contributed by atoms with E-state index in [4.69, 9.17) is 4.74 Å². The molecule has 0 radical (unpaired) electrons. The molecule has 1 saturated heterocycles. The summed E-state index contributed by atoms with van der Waals surface area (Å²) in [6.07, 6.45) is 0. The lowest BCUT2D eigenvalue weighted by Crippen LogP contribution is -2.48. The van der Waals surface area contributed by atoms with Gasteiger partial charge in [-0.1, -0.05) is 42.5 Å². The molecule has 0 aliphatic carbocycles. The van der Waals surface area contributed by atoms with E-state index in [1.165, 1.54) is 11.1 Å². The van der Waals surface area contributed by atoms with Crippen molar-refractivity contribution in [3.05, 3.63) is 64.1 Å². The van der Waals surface area contributed by atoms with Crippen LogP contribution < -0.4 is 4.74 Å². The number of nitrogens with zero attached hydrogens (tertiary/aromatic N) is 2. The molecule has 1 aliphatic rings. The fraction of sp³-hybridized carbons (Fsp3) is 0.429. The van der Waals surface area contributed by atoms with E-state index in [0.717, 1.165) is 42.9 Å². The maximum absolute atomic E-state index is 6.03. The van der Waals surface area contributed by atoms with Crippen molar-refractivity contribution < 1.29 is 4.74 Å². The number of piperazine rings is 1. The lowest BCUT2D eigenvalue weighted by atomic mass is 10.1. The van der Waals surface area contributed by atoms with Crippen molar-refractivity contribution in [3.8, 4) is 5.75 Å². The lowest BCUT2D eigenvalue weighted by molar-refractivity contribution is 0.104. The van der Waals surface area contributed by atoms with E-state index in [1.54, 1.807) is 0 Å². The molecule has 134 valence electrons. The van der Waals surface area contributed by atoms with Gasteiger partial charge < -0.3 is 4.74 Å². The fourth-order valence-corrected chi connectivity index (χ4v) is 3.71. The van der Waals surface area contributed by atoms with E-state index in [9.17, 15) is 0 Å². The predicted octanol–water partition coefficient (Wildman–Crippen LogP) is 4.55. The molecule has 0 saturated carbocycles. The Hall–Kier alpha value is -1.36. The van der Waals surface area contributed by atoms with Gasteiger partial charge >= 0.3 is 0 Å². The van der Waals surface area contributed by atoms with Crippen molar-refractivity contribution in [1.82, 2.24) is 9.80 Å². The van der Waals surface area contributed by atoms with Gasteiger partial charge in [-0.05, 0) is 47.0 Å². The highest BCUT2D eigenvalue weighted by molar-refractivity contribution is 9.10. The first-order valence-corrected chi connectivity index (χ1v) is 9.83. The second kappa shape index (κ2) is 8.84. The van der Waals surface area contributed by atoms with Gasteiger partial charge in [-0.2, -0.15) is 0 Å². The second-order valence-corrected chi connectivity index (χ2v) is 7.70. The third-order valence-electron chi connectivity index (χ3n) is 4.81. The highest BCUT2D eigenvalue weighted by Gasteiger charge is 2.19. The first-order valence-electron chi connectivity index (χ1n) is 9.04. The van der Waals surface area contributed by atoms with Gasteiger partial charge in [0.2, 0.25) is 0 Å². The molecule has 2 aromatic rings. The quantitative estimate of drug-likeness (QED) is 0.704. The topological polar surface area (TPSA) is 15.7 Å². The van der Waals surface area contributed by atoms with Crippen LogP contribution in [0.3, 0.4) is 0 Å². The molecule has 0 aromatic heterocycles. The van der Waals surface area contributed by atoms with E-state index < -0.39 is 0 Å². The number of benzene rings is 2. The van der Waals surface area contributed by atoms with E-state index in [1.807, 2.05) is 24.3 Å². The minimum atomic E-state index is 0.593. The summed E-state index contributed by atoms with van der Waals surface area (Å²) in [5, 5.41) is 0. The van der Waals surface area contributed by atoms with Gasteiger partial charge in [0.1, 0.15) is 12.4 Å². The monoisotopic (exact) mass is 402 g/mol. The predicted molar refractivity (Wildman–Crippen MR) is 107 cm³/mol. The van der Waals surface area contributed by atoms with Gasteiger partial charge in [0, 0.05) is 38.8 Å². The summed E-state index contributed by atoms with van der Waals surface area (Å²) < 4.78 is 7.11. The van der Waals surface area contributed by atoms with Crippen LogP contribution in [0.5, 0.6) is 5.75 Å². The lowest BCUT2D eigenvalue weighted by Gasteiger charge is -2.37. The van der Waals surface area contributed by atoms with E-state index >= 15 is 0 Å². The number of ether oxygens (including phenoxy) is 1. The van der Waals surface area contributed by atoms with Crippen LogP contribution in [0.1, 0.15) is 25.0 Å². The summed E-state index contributed by atoms with van der Waals surface area (Å²) in [6.45, 7) is 10.7. The number of hydrogen-bond acceptors (Lipinski definition) is 3. The van der Waals surface area contributed by atoms with Crippen molar-refractivity contribution in [2.75, 3.05) is 26.2 Å². The first kappa shape index (κ1) is 18.4.